The maximum absolute atomic E-state index is 6.85. The van der Waals surface area contributed by atoms with Crippen LogP contribution in [0, 0.1) is 15.0 Å². The van der Waals surface area contributed by atoms with Gasteiger partial charge in [-0.2, -0.15) is 10.2 Å². The van der Waals surface area contributed by atoms with Crippen molar-refractivity contribution in [3.8, 4) is 34.5 Å². The number of pyridine rings is 1. The Bertz CT molecular complexity index is 2150. The number of aryl methyl sites for hydroxylation is 1. The van der Waals surface area contributed by atoms with Gasteiger partial charge in [0.25, 0.3) is 0 Å². The lowest BCUT2D eigenvalue weighted by atomic mass is 10.1. The van der Waals surface area contributed by atoms with Gasteiger partial charge in [-0.1, -0.05) is 68.2 Å². The van der Waals surface area contributed by atoms with Crippen LogP contribution in [0.4, 0.5) is 0 Å². The predicted octanol–water partition coefficient (Wildman–Crippen LogP) is 11.4. The SMILES string of the molecule is CC(C)Oc1nn(CCO[Si](C)(C)C(C)(C)C)c(CN(C[C@H](C)Oc2c(-c3cc4c(C#C[Si](C(C)C)(C(C)C)C(C)C)nn(C5CCCCO5)c4cn3)cnn2C)C(C)C)c1I. The highest BCUT2D eigenvalue weighted by molar-refractivity contribution is 14.1. The summed E-state index contributed by atoms with van der Waals surface area (Å²) in [5.74, 6) is 5.02. The van der Waals surface area contributed by atoms with Gasteiger partial charge in [0.05, 0.1) is 57.7 Å². The number of halogens is 1. The van der Waals surface area contributed by atoms with E-state index in [1.165, 1.54) is 0 Å². The fourth-order valence-corrected chi connectivity index (χ4v) is 15.6. The Balaban J connectivity index is 1.45. The molecular formula is C47H77IN8O4Si2. The highest BCUT2D eigenvalue weighted by Crippen LogP contribution is 2.42. The van der Waals surface area contributed by atoms with Crippen LogP contribution < -0.4 is 9.47 Å². The molecule has 0 saturated carbocycles. The highest BCUT2D eigenvalue weighted by atomic mass is 127. The molecule has 0 N–H and O–H groups in total. The Morgan fingerprint density at radius 1 is 0.952 bits per heavy atom. The van der Waals surface area contributed by atoms with Crippen molar-refractivity contribution in [2.45, 2.75) is 189 Å². The molecule has 1 saturated heterocycles. The Hall–Kier alpha value is -2.76. The minimum absolute atomic E-state index is 0.0171. The smallest absolute Gasteiger partial charge is 0.246 e. The van der Waals surface area contributed by atoms with Gasteiger partial charge in [0.2, 0.25) is 11.8 Å². The van der Waals surface area contributed by atoms with Gasteiger partial charge in [-0.05, 0) is 117 Å². The fourth-order valence-electron chi connectivity index (χ4n) is 8.65. The summed E-state index contributed by atoms with van der Waals surface area (Å²) in [6, 6.07) is 2.36. The molecule has 4 aromatic heterocycles. The number of nitrogens with zero attached hydrogens (tertiary/aromatic N) is 8. The maximum Gasteiger partial charge on any atom is 0.246 e. The van der Waals surface area contributed by atoms with E-state index < -0.39 is 16.4 Å². The third kappa shape index (κ3) is 11.2. The summed E-state index contributed by atoms with van der Waals surface area (Å²) in [5.41, 5.74) is 9.91. The largest absolute Gasteiger partial charge is 0.473 e. The average molecular weight is 1000 g/mol. The first-order valence-electron chi connectivity index (χ1n) is 23.0. The van der Waals surface area contributed by atoms with Crippen molar-refractivity contribution >= 4 is 49.9 Å². The van der Waals surface area contributed by atoms with E-state index in [-0.39, 0.29) is 29.5 Å². The molecule has 0 bridgehead atoms. The van der Waals surface area contributed by atoms with Gasteiger partial charge >= 0.3 is 0 Å². The monoisotopic (exact) mass is 1000 g/mol. The average Bonchev–Trinajstić information content (AvgIpc) is 3.82. The Kier molecular flexibility index (Phi) is 16.7. The number of aromatic nitrogens is 7. The van der Waals surface area contributed by atoms with Crippen molar-refractivity contribution in [1.29, 1.82) is 0 Å². The van der Waals surface area contributed by atoms with Crippen LogP contribution in [-0.4, -0.2) is 93.6 Å². The molecule has 0 radical (unpaired) electrons. The van der Waals surface area contributed by atoms with Crippen molar-refractivity contribution in [2.75, 3.05) is 19.8 Å². The molecule has 4 aromatic rings. The predicted molar refractivity (Wildman–Crippen MR) is 266 cm³/mol. The molecule has 15 heteroatoms. The standard InChI is InChI=1S/C47H77IN8O4Si2/c1-31(2)54(30-42-44(48)45(59-32(3)4)52-55(42)22-24-58-61(16,17)47(12,13)14)29-36(11)60-46-38(27-50-53(46)15)40-26-37-39(21-25-62(33(5)6,34(7)8)35(9)10)51-56(41(37)28-49-40)43-20-18-19-23-57-43/h26-28,31-36,43H,18-20,22-24,29-30H2,1-17H3/t36-,43?/m0/s1. The summed E-state index contributed by atoms with van der Waals surface area (Å²) in [7, 11) is -2.01. The molecule has 1 aliphatic heterocycles. The van der Waals surface area contributed by atoms with Gasteiger partial charge in [-0.25, -0.2) is 9.36 Å². The minimum Gasteiger partial charge on any atom is -0.473 e. The zero-order chi connectivity index (χ0) is 45.9. The van der Waals surface area contributed by atoms with Gasteiger partial charge in [0.1, 0.15) is 19.9 Å². The maximum atomic E-state index is 6.85. The molecule has 62 heavy (non-hydrogen) atoms. The quantitative estimate of drug-likeness (QED) is 0.0547. The van der Waals surface area contributed by atoms with Crippen LogP contribution in [0.3, 0.4) is 0 Å². The second-order valence-electron chi connectivity index (χ2n) is 20.4. The topological polar surface area (TPSA) is 107 Å². The second kappa shape index (κ2) is 20.6. The number of hydrogen-bond acceptors (Lipinski definition) is 9. The summed E-state index contributed by atoms with van der Waals surface area (Å²) in [5, 5.41) is 15.9. The van der Waals surface area contributed by atoms with E-state index in [0.717, 1.165) is 63.0 Å². The van der Waals surface area contributed by atoms with Crippen molar-refractivity contribution in [3.63, 3.8) is 0 Å². The summed E-state index contributed by atoms with van der Waals surface area (Å²) < 4.78 is 32.9. The van der Waals surface area contributed by atoms with E-state index in [2.05, 4.69) is 151 Å². The molecule has 1 aliphatic rings. The Morgan fingerprint density at radius 2 is 1.63 bits per heavy atom. The zero-order valence-corrected chi connectivity index (χ0v) is 45.2. The van der Waals surface area contributed by atoms with Crippen molar-refractivity contribution in [2.24, 2.45) is 7.05 Å². The van der Waals surface area contributed by atoms with E-state index in [4.69, 9.17) is 33.8 Å². The van der Waals surface area contributed by atoms with Crippen molar-refractivity contribution < 1.29 is 18.6 Å². The van der Waals surface area contributed by atoms with Crippen LogP contribution in [0.1, 0.15) is 134 Å². The molecule has 0 spiro atoms. The lowest BCUT2D eigenvalue weighted by molar-refractivity contribution is -0.0367. The normalized spacial score (nSPS) is 16.1. The molecule has 344 valence electrons. The first-order valence-corrected chi connectivity index (χ1v) is 29.2. The summed E-state index contributed by atoms with van der Waals surface area (Å²) in [6.07, 6.45) is 6.58. The van der Waals surface area contributed by atoms with Crippen LogP contribution in [-0.2, 0) is 29.3 Å². The molecule has 1 unspecified atom stereocenters. The van der Waals surface area contributed by atoms with Crippen molar-refractivity contribution in [3.05, 3.63) is 33.4 Å². The Morgan fingerprint density at radius 3 is 2.21 bits per heavy atom. The van der Waals surface area contributed by atoms with Crippen molar-refractivity contribution in [1.82, 2.24) is 39.2 Å². The molecule has 5 heterocycles. The second-order valence-corrected chi connectivity index (χ2v) is 31.8. The van der Waals surface area contributed by atoms with E-state index in [1.54, 1.807) is 4.68 Å². The molecule has 0 aromatic carbocycles. The number of ether oxygens (including phenoxy) is 3. The third-order valence-electron chi connectivity index (χ3n) is 13.2. The van der Waals surface area contributed by atoms with Gasteiger partial charge < -0.3 is 18.6 Å². The number of hydrogen-bond donors (Lipinski definition) is 0. The molecular weight excluding hydrogens is 924 g/mol. The minimum atomic E-state index is -2.02. The number of rotatable bonds is 18. The van der Waals surface area contributed by atoms with E-state index in [9.17, 15) is 0 Å². The van der Waals surface area contributed by atoms with Crippen LogP contribution in [0.2, 0.25) is 34.8 Å². The molecule has 2 atom stereocenters. The van der Waals surface area contributed by atoms with Gasteiger partial charge in [-0.15, -0.1) is 10.6 Å². The highest BCUT2D eigenvalue weighted by Gasteiger charge is 2.42. The molecule has 0 amide bonds. The van der Waals surface area contributed by atoms with Gasteiger partial charge in [0.15, 0.2) is 14.5 Å². The van der Waals surface area contributed by atoms with E-state index in [1.807, 2.05) is 38.0 Å². The van der Waals surface area contributed by atoms with Gasteiger partial charge in [-0.3, -0.25) is 14.6 Å². The first kappa shape index (κ1) is 50.2. The van der Waals surface area contributed by atoms with Gasteiger partial charge in [0, 0.05) is 38.2 Å². The summed E-state index contributed by atoms with van der Waals surface area (Å²) in [4.78, 5) is 7.47. The Labute approximate surface area is 388 Å². The molecule has 0 aliphatic carbocycles. The third-order valence-corrected chi connectivity index (χ3v) is 25.1. The zero-order valence-electron chi connectivity index (χ0n) is 41.0. The van der Waals surface area contributed by atoms with E-state index in [0.29, 0.717) is 54.6 Å². The lowest BCUT2D eigenvalue weighted by Crippen LogP contribution is -2.43. The van der Waals surface area contributed by atoms with E-state index >= 15 is 0 Å². The van der Waals surface area contributed by atoms with Crippen LogP contribution in [0.25, 0.3) is 22.2 Å². The van der Waals surface area contributed by atoms with Crippen LogP contribution in [0.15, 0.2) is 18.5 Å². The first-order chi connectivity index (χ1) is 29.0. The molecule has 1 fully saturated rings. The van der Waals surface area contributed by atoms with Crippen LogP contribution >= 0.6 is 22.6 Å². The van der Waals surface area contributed by atoms with Crippen LogP contribution in [0.5, 0.6) is 11.8 Å². The summed E-state index contributed by atoms with van der Waals surface area (Å²) >= 11 is 2.40. The molecule has 5 rings (SSSR count). The fraction of sp³-hybridized carbons (Fsp3) is 0.702. The lowest BCUT2D eigenvalue weighted by Gasteiger charge is -2.38. The molecule has 12 nitrogen and oxygen atoms in total. The summed E-state index contributed by atoms with van der Waals surface area (Å²) in [6.45, 7) is 39.5. The number of fused-ring (bicyclic) bond motifs is 1.